The number of aromatic carboxylic acids is 1. The van der Waals surface area contributed by atoms with E-state index in [-0.39, 0.29) is 16.9 Å². The van der Waals surface area contributed by atoms with Crippen molar-refractivity contribution in [3.05, 3.63) is 35.4 Å². The fourth-order valence-electron chi connectivity index (χ4n) is 2.76. The highest BCUT2D eigenvalue weighted by Gasteiger charge is 2.37. The Labute approximate surface area is 124 Å². The molecule has 0 aromatic heterocycles. The number of piperidine rings is 1. The summed E-state index contributed by atoms with van der Waals surface area (Å²) in [7, 11) is 0. The molecule has 3 N–H and O–H groups in total. The van der Waals surface area contributed by atoms with Crippen LogP contribution in [0.25, 0.3) is 0 Å². The van der Waals surface area contributed by atoms with Crippen LogP contribution in [0.5, 0.6) is 0 Å². The third-order valence-corrected chi connectivity index (χ3v) is 4.28. The molecule has 1 aromatic rings. The summed E-state index contributed by atoms with van der Waals surface area (Å²) >= 11 is 0. The van der Waals surface area contributed by atoms with Gasteiger partial charge in [-0.05, 0) is 43.5 Å². The molecule has 0 spiro atoms. The van der Waals surface area contributed by atoms with Crippen molar-refractivity contribution in [2.45, 2.75) is 32.7 Å². The van der Waals surface area contributed by atoms with E-state index in [9.17, 15) is 9.59 Å². The molecule has 1 aliphatic heterocycles. The normalized spacial score (nSPS) is 21.8. The van der Waals surface area contributed by atoms with Gasteiger partial charge >= 0.3 is 5.97 Å². The van der Waals surface area contributed by atoms with Crippen LogP contribution in [-0.4, -0.2) is 30.1 Å². The molecule has 1 aromatic carbocycles. The summed E-state index contributed by atoms with van der Waals surface area (Å²) in [6.07, 6.45) is 2.76. The molecule has 1 unspecified atom stereocenters. The molecular weight excluding hydrogens is 268 g/mol. The first-order chi connectivity index (χ1) is 10.1. The third kappa shape index (κ3) is 3.61. The molecule has 1 heterocycles. The SMILES string of the molecule is CCC1(C(=O)NCc2ccc(C(=O)O)cc2)CCCNC1. The smallest absolute Gasteiger partial charge is 0.335 e. The van der Waals surface area contributed by atoms with Crippen molar-refractivity contribution >= 4 is 11.9 Å². The molecule has 1 amide bonds. The third-order valence-electron chi connectivity index (χ3n) is 4.28. The minimum Gasteiger partial charge on any atom is -0.478 e. The highest BCUT2D eigenvalue weighted by atomic mass is 16.4. The quantitative estimate of drug-likeness (QED) is 0.772. The zero-order valence-electron chi connectivity index (χ0n) is 12.3. The number of carbonyl (C=O) groups is 2. The average molecular weight is 290 g/mol. The Morgan fingerprint density at radius 3 is 2.57 bits per heavy atom. The molecular formula is C16H22N2O3. The van der Waals surface area contributed by atoms with E-state index >= 15 is 0 Å². The molecule has 0 radical (unpaired) electrons. The minimum absolute atomic E-state index is 0.0829. The first kappa shape index (κ1) is 15.5. The van der Waals surface area contributed by atoms with Crippen LogP contribution < -0.4 is 10.6 Å². The lowest BCUT2D eigenvalue weighted by Crippen LogP contribution is -2.50. The van der Waals surface area contributed by atoms with Gasteiger partial charge < -0.3 is 15.7 Å². The summed E-state index contributed by atoms with van der Waals surface area (Å²) < 4.78 is 0. The Morgan fingerprint density at radius 2 is 2.05 bits per heavy atom. The molecule has 1 atom stereocenters. The van der Waals surface area contributed by atoms with Gasteiger partial charge in [0.25, 0.3) is 0 Å². The van der Waals surface area contributed by atoms with Crippen molar-refractivity contribution in [3.63, 3.8) is 0 Å². The van der Waals surface area contributed by atoms with Crippen molar-refractivity contribution in [2.24, 2.45) is 5.41 Å². The monoisotopic (exact) mass is 290 g/mol. The number of rotatable bonds is 5. The summed E-state index contributed by atoms with van der Waals surface area (Å²) in [6.45, 7) is 4.19. The molecule has 5 heteroatoms. The van der Waals surface area contributed by atoms with Gasteiger partial charge in [0.15, 0.2) is 0 Å². The van der Waals surface area contributed by atoms with Gasteiger partial charge in [0, 0.05) is 13.1 Å². The van der Waals surface area contributed by atoms with Gasteiger partial charge in [-0.25, -0.2) is 4.79 Å². The van der Waals surface area contributed by atoms with Gasteiger partial charge in [-0.15, -0.1) is 0 Å². The van der Waals surface area contributed by atoms with Crippen LogP contribution in [0.2, 0.25) is 0 Å². The van der Waals surface area contributed by atoms with E-state index in [2.05, 4.69) is 10.6 Å². The topological polar surface area (TPSA) is 78.4 Å². The largest absolute Gasteiger partial charge is 0.478 e. The van der Waals surface area contributed by atoms with Gasteiger partial charge in [0.05, 0.1) is 11.0 Å². The zero-order chi connectivity index (χ0) is 15.3. The van der Waals surface area contributed by atoms with Crippen LogP contribution in [-0.2, 0) is 11.3 Å². The van der Waals surface area contributed by atoms with Crippen LogP contribution in [0.15, 0.2) is 24.3 Å². The van der Waals surface area contributed by atoms with Crippen LogP contribution in [0.3, 0.4) is 0 Å². The molecule has 1 saturated heterocycles. The number of hydrogen-bond donors (Lipinski definition) is 3. The Kier molecular flexibility index (Phi) is 4.96. The number of carbonyl (C=O) groups excluding carboxylic acids is 1. The molecule has 2 rings (SSSR count). The predicted molar refractivity (Wildman–Crippen MR) is 80.1 cm³/mol. The second kappa shape index (κ2) is 6.72. The van der Waals surface area contributed by atoms with Gasteiger partial charge in [-0.3, -0.25) is 4.79 Å². The minimum atomic E-state index is -0.941. The van der Waals surface area contributed by atoms with Gasteiger partial charge in [-0.2, -0.15) is 0 Å². The van der Waals surface area contributed by atoms with E-state index in [4.69, 9.17) is 5.11 Å². The summed E-state index contributed by atoms with van der Waals surface area (Å²) in [6, 6.07) is 6.59. The second-order valence-corrected chi connectivity index (χ2v) is 5.60. The Balaban J connectivity index is 1.95. The first-order valence-corrected chi connectivity index (χ1v) is 7.39. The number of carboxylic acids is 1. The average Bonchev–Trinajstić information content (AvgIpc) is 2.53. The van der Waals surface area contributed by atoms with E-state index in [1.807, 2.05) is 6.92 Å². The Morgan fingerprint density at radius 1 is 1.33 bits per heavy atom. The number of benzene rings is 1. The Bertz CT molecular complexity index is 505. The number of hydrogen-bond acceptors (Lipinski definition) is 3. The molecule has 0 aliphatic carbocycles. The van der Waals surface area contributed by atoms with Crippen molar-refractivity contribution in [1.82, 2.24) is 10.6 Å². The lowest BCUT2D eigenvalue weighted by Gasteiger charge is -2.35. The van der Waals surface area contributed by atoms with Gasteiger partial charge in [0.1, 0.15) is 0 Å². The van der Waals surface area contributed by atoms with Crippen LogP contribution >= 0.6 is 0 Å². The second-order valence-electron chi connectivity index (χ2n) is 5.60. The summed E-state index contributed by atoms with van der Waals surface area (Å²) in [5, 5.41) is 15.1. The van der Waals surface area contributed by atoms with E-state index in [0.717, 1.165) is 37.9 Å². The predicted octanol–water partition coefficient (Wildman–Crippen LogP) is 1.78. The maximum atomic E-state index is 12.5. The number of amides is 1. The molecule has 21 heavy (non-hydrogen) atoms. The number of carboxylic acid groups (broad SMARTS) is 1. The van der Waals surface area contributed by atoms with Crippen molar-refractivity contribution in [3.8, 4) is 0 Å². The summed E-state index contributed by atoms with van der Waals surface area (Å²) in [4.78, 5) is 23.2. The van der Waals surface area contributed by atoms with Gasteiger partial charge in [-0.1, -0.05) is 19.1 Å². The molecule has 1 aliphatic rings. The van der Waals surface area contributed by atoms with Crippen molar-refractivity contribution in [1.29, 1.82) is 0 Å². The molecule has 0 bridgehead atoms. The van der Waals surface area contributed by atoms with E-state index in [1.54, 1.807) is 24.3 Å². The lowest BCUT2D eigenvalue weighted by molar-refractivity contribution is -0.132. The lowest BCUT2D eigenvalue weighted by atomic mass is 9.77. The molecule has 5 nitrogen and oxygen atoms in total. The standard InChI is InChI=1S/C16H22N2O3/c1-2-16(8-3-9-17-11-16)15(21)18-10-12-4-6-13(7-5-12)14(19)20/h4-7,17H,2-3,8-11H2,1H3,(H,18,21)(H,19,20). The zero-order valence-corrected chi connectivity index (χ0v) is 12.3. The van der Waals surface area contributed by atoms with Crippen LogP contribution in [0, 0.1) is 5.41 Å². The fourth-order valence-corrected chi connectivity index (χ4v) is 2.76. The highest BCUT2D eigenvalue weighted by molar-refractivity contribution is 5.87. The summed E-state index contributed by atoms with van der Waals surface area (Å²) in [5.41, 5.74) is 0.856. The maximum absolute atomic E-state index is 12.5. The van der Waals surface area contributed by atoms with E-state index in [1.165, 1.54) is 0 Å². The highest BCUT2D eigenvalue weighted by Crippen LogP contribution is 2.30. The Hall–Kier alpha value is -1.88. The molecule has 114 valence electrons. The van der Waals surface area contributed by atoms with Crippen LogP contribution in [0.4, 0.5) is 0 Å². The summed E-state index contributed by atoms with van der Waals surface area (Å²) in [5.74, 6) is -0.858. The van der Waals surface area contributed by atoms with Gasteiger partial charge in [0.2, 0.25) is 5.91 Å². The van der Waals surface area contributed by atoms with Crippen molar-refractivity contribution < 1.29 is 14.7 Å². The molecule has 1 fully saturated rings. The van der Waals surface area contributed by atoms with Crippen molar-refractivity contribution in [2.75, 3.05) is 13.1 Å². The maximum Gasteiger partial charge on any atom is 0.335 e. The fraction of sp³-hybridized carbons (Fsp3) is 0.500. The number of nitrogens with one attached hydrogen (secondary N) is 2. The molecule has 0 saturated carbocycles. The first-order valence-electron chi connectivity index (χ1n) is 7.39. The van der Waals surface area contributed by atoms with Crippen LogP contribution in [0.1, 0.15) is 42.1 Å². The van der Waals surface area contributed by atoms with E-state index in [0.29, 0.717) is 6.54 Å². The van der Waals surface area contributed by atoms with E-state index < -0.39 is 5.97 Å².